The van der Waals surface area contributed by atoms with Crippen molar-refractivity contribution in [2.45, 2.75) is 178 Å². The molecule has 13 atom stereocenters. The molecule has 2 aromatic heterocycles. The average molecular weight is 1450 g/mol. The van der Waals surface area contributed by atoms with Crippen LogP contribution in [0.4, 0.5) is 0 Å². The smallest absolute Gasteiger partial charge is 0.326 e. The summed E-state index contributed by atoms with van der Waals surface area (Å²) in [5, 5.41) is 77.2. The van der Waals surface area contributed by atoms with E-state index < -0.39 is 200 Å². The lowest BCUT2D eigenvalue weighted by Gasteiger charge is -2.30. The molecule has 0 saturated heterocycles. The van der Waals surface area contributed by atoms with E-state index in [-0.39, 0.29) is 50.2 Å². The van der Waals surface area contributed by atoms with Crippen LogP contribution in [-0.2, 0) is 91.2 Å². The summed E-state index contributed by atoms with van der Waals surface area (Å²) in [5.41, 5.74) is 12.5. The first kappa shape index (κ1) is 83.7. The quantitative estimate of drug-likeness (QED) is 0.0204. The minimum Gasteiger partial charge on any atom is -0.508 e. The third-order valence-corrected chi connectivity index (χ3v) is 16.7. The maximum absolute atomic E-state index is 14.8. The summed E-state index contributed by atoms with van der Waals surface area (Å²) in [6.45, 7) is 8.24. The van der Waals surface area contributed by atoms with Gasteiger partial charge in [0.15, 0.2) is 0 Å². The molecule has 0 fully saturated rings. The first-order chi connectivity index (χ1) is 48.1. The second-order valence-electron chi connectivity index (χ2n) is 24.8. The number of carbonyl (C=O) groups excluding carboxylic acids is 12. The Morgan fingerprint density at radius 2 is 1.11 bits per heavy atom. The highest BCUT2D eigenvalue weighted by atomic mass is 32.2. The van der Waals surface area contributed by atoms with Gasteiger partial charge in [0.05, 0.1) is 37.9 Å². The topological polar surface area (TPSA) is 586 Å². The number of imidazole rings is 1. The Balaban J connectivity index is 1.65. The molecular formula is C65H92N16O20S. The number of aromatic hydroxyl groups is 1. The number of carboxylic acids is 3. The number of nitrogens with one attached hydrogen (secondary N) is 13. The van der Waals surface area contributed by atoms with Gasteiger partial charge in [-0.15, -0.1) is 0 Å². The number of rotatable bonds is 44. The Morgan fingerprint density at radius 1 is 0.569 bits per heavy atom. The van der Waals surface area contributed by atoms with Gasteiger partial charge in [-0.1, -0.05) is 64.4 Å². The molecule has 12 amide bonds. The monoisotopic (exact) mass is 1450 g/mol. The van der Waals surface area contributed by atoms with Gasteiger partial charge in [0.1, 0.15) is 66.2 Å². The number of fused-ring (bicyclic) bond motifs is 1. The Bertz CT molecular complexity index is 3590. The third-order valence-electron chi connectivity index (χ3n) is 16.0. The number of hydrogen-bond acceptors (Lipinski definition) is 20. The van der Waals surface area contributed by atoms with Crippen LogP contribution in [0.15, 0.2) is 67.3 Å². The molecule has 2 heterocycles. The number of hydrogen-bond donors (Lipinski definition) is 20. The summed E-state index contributed by atoms with van der Waals surface area (Å²) < 4.78 is 0. The fourth-order valence-electron chi connectivity index (χ4n) is 10.2. The Hall–Kier alpha value is -10.7. The molecule has 0 unspecified atom stereocenters. The zero-order chi connectivity index (χ0) is 76.1. The molecule has 37 heteroatoms. The standard InChI is InChI=1S/C65H92N16O20S/c1-8-32(4)53(80-62(97)47(24-37-28-68-30-71-37)77-60(95)45(22-35-13-15-38(83)16-14-35)76-58(93)43(19-20-102-7)73-50(85)29-70-56(91)40(66)25-52(88)89)63(98)81-54(34(6)82)64(99)78-46(23-36-27-69-41-12-10-9-11-39(36)41)61(96)75-44(21-31(2)3)59(94)74-42(17-18-51(86)87)57(92)72-33(5)55(90)79-48(65(100)101)26-49(67)84/h9-16,27-28,30-34,40,42-48,53-54,69,82-83H,8,17-26,29,66H2,1-7H3,(H2,67,84)(H,68,71)(H,70,91)(H,72,92)(H,73,85)(H,74,94)(H,75,96)(H,76,93)(H,77,95)(H,78,99)(H,79,90)(H,80,97)(H,81,98)(H,86,87)(H,88,89)(H,100,101)/t32-,33-,34+,40-,42-,43-,44-,45-,46-,47-,48-,53-,54-/m0/s1. The Labute approximate surface area is 590 Å². The highest BCUT2D eigenvalue weighted by Gasteiger charge is 2.39. The maximum Gasteiger partial charge on any atom is 0.326 e. The molecule has 22 N–H and O–H groups in total. The molecule has 0 saturated carbocycles. The number of phenols is 1. The summed E-state index contributed by atoms with van der Waals surface area (Å²) in [6.07, 6.45) is 0.649. The number of phenolic OH excluding ortho intramolecular Hbond substituents is 1. The number of H-pyrrole nitrogens is 2. The number of aromatic nitrogens is 3. The summed E-state index contributed by atoms with van der Waals surface area (Å²) in [7, 11) is 0. The van der Waals surface area contributed by atoms with Gasteiger partial charge in [0.2, 0.25) is 70.9 Å². The van der Waals surface area contributed by atoms with Gasteiger partial charge in [0, 0.05) is 54.7 Å². The molecule has 0 radical (unpaired) electrons. The molecular weight excluding hydrogens is 1360 g/mol. The molecule has 0 aliphatic rings. The van der Waals surface area contributed by atoms with Gasteiger partial charge in [-0.25, -0.2) is 9.78 Å². The van der Waals surface area contributed by atoms with E-state index in [4.69, 9.17) is 16.6 Å². The third kappa shape index (κ3) is 27.8. The zero-order valence-electron chi connectivity index (χ0n) is 57.3. The van der Waals surface area contributed by atoms with Crippen LogP contribution in [-0.4, -0.2) is 220 Å². The summed E-state index contributed by atoms with van der Waals surface area (Å²) >= 11 is 1.32. The lowest BCUT2D eigenvalue weighted by Crippen LogP contribution is -2.63. The number of carboxylic acid groups (broad SMARTS) is 3. The molecule has 102 heavy (non-hydrogen) atoms. The molecule has 0 aliphatic heterocycles. The minimum atomic E-state index is -1.89. The van der Waals surface area contributed by atoms with E-state index in [1.165, 1.54) is 48.6 Å². The molecule has 4 aromatic rings. The van der Waals surface area contributed by atoms with Gasteiger partial charge in [0.25, 0.3) is 0 Å². The van der Waals surface area contributed by atoms with Gasteiger partial charge in [-0.05, 0) is 86.3 Å². The fraction of sp³-hybridized carbons (Fsp3) is 0.508. The Kier molecular flexibility index (Phi) is 33.8. The van der Waals surface area contributed by atoms with Crippen LogP contribution in [0.1, 0.15) is 103 Å². The first-order valence-corrected chi connectivity index (χ1v) is 34.0. The van der Waals surface area contributed by atoms with Crippen LogP contribution in [0.2, 0.25) is 0 Å². The first-order valence-electron chi connectivity index (χ1n) is 32.6. The molecule has 0 bridgehead atoms. The SMILES string of the molecule is CC[C@H](C)[C@H](NC(=O)[C@H](Cc1cnc[nH]1)NC(=O)[C@H](Cc1ccc(O)cc1)NC(=O)[C@H](CCSC)NC(=O)CNC(=O)[C@@H](N)CC(=O)O)C(=O)N[C@H](C(=O)N[C@@H](Cc1c[nH]c2ccccc12)C(=O)N[C@@H](CC(C)C)C(=O)N[C@@H](CCC(=O)O)C(=O)N[C@@H](C)C(=O)N[C@@H](CC(N)=O)C(=O)O)[C@@H](C)O. The van der Waals surface area contributed by atoms with E-state index in [9.17, 15) is 92.3 Å². The van der Waals surface area contributed by atoms with E-state index in [1.54, 1.807) is 64.4 Å². The van der Waals surface area contributed by atoms with Crippen molar-refractivity contribution >= 4 is 111 Å². The van der Waals surface area contributed by atoms with Crippen LogP contribution >= 0.6 is 11.8 Å². The Morgan fingerprint density at radius 3 is 1.69 bits per heavy atom. The van der Waals surface area contributed by atoms with Gasteiger partial charge in [-0.2, -0.15) is 11.8 Å². The fourth-order valence-corrected chi connectivity index (χ4v) is 10.7. The van der Waals surface area contributed by atoms with Crippen molar-refractivity contribution in [3.05, 3.63) is 84.1 Å². The summed E-state index contributed by atoms with van der Waals surface area (Å²) in [5.74, 6) is -17.4. The number of nitrogens with two attached hydrogens (primary N) is 2. The molecule has 4 rings (SSSR count). The van der Waals surface area contributed by atoms with E-state index in [0.717, 1.165) is 13.8 Å². The molecule has 0 aliphatic carbocycles. The number of amides is 12. The van der Waals surface area contributed by atoms with E-state index in [0.29, 0.717) is 33.5 Å². The molecule has 2 aromatic carbocycles. The van der Waals surface area contributed by atoms with Crippen LogP contribution in [0, 0.1) is 11.8 Å². The number of thioether (sulfide) groups is 1. The second-order valence-corrected chi connectivity index (χ2v) is 25.8. The molecule has 36 nitrogen and oxygen atoms in total. The lowest BCUT2D eigenvalue weighted by atomic mass is 9.96. The normalized spacial score (nSPS) is 15.0. The summed E-state index contributed by atoms with van der Waals surface area (Å²) in [4.78, 5) is 210. The zero-order valence-corrected chi connectivity index (χ0v) is 58.1. The van der Waals surface area contributed by atoms with Crippen LogP contribution < -0.4 is 70.0 Å². The average Bonchev–Trinajstić information content (AvgIpc) is 1.05. The predicted molar refractivity (Wildman–Crippen MR) is 366 cm³/mol. The number of aliphatic carboxylic acids is 3. The van der Waals surface area contributed by atoms with Crippen molar-refractivity contribution in [3.63, 3.8) is 0 Å². The van der Waals surface area contributed by atoms with Crippen molar-refractivity contribution in [1.29, 1.82) is 0 Å². The van der Waals surface area contributed by atoms with Gasteiger partial charge in [-0.3, -0.25) is 67.1 Å². The number of primary amides is 1. The predicted octanol–water partition coefficient (Wildman–Crippen LogP) is -3.54. The number of benzene rings is 2. The number of aliphatic hydroxyl groups excluding tert-OH is 1. The number of aliphatic hydroxyl groups is 1. The summed E-state index contributed by atoms with van der Waals surface area (Å²) in [6, 6.07) is -4.99. The van der Waals surface area contributed by atoms with Gasteiger partial charge < -0.3 is 105 Å². The largest absolute Gasteiger partial charge is 0.508 e. The number of carbonyl (C=O) groups is 15. The molecule has 558 valence electrons. The van der Waals surface area contributed by atoms with Gasteiger partial charge >= 0.3 is 17.9 Å². The van der Waals surface area contributed by atoms with Crippen LogP contribution in [0.3, 0.4) is 0 Å². The van der Waals surface area contributed by atoms with Crippen molar-refractivity contribution in [2.75, 3.05) is 18.6 Å². The van der Waals surface area contributed by atoms with E-state index in [1.807, 2.05) is 0 Å². The highest BCUT2D eigenvalue weighted by molar-refractivity contribution is 7.98. The highest BCUT2D eigenvalue weighted by Crippen LogP contribution is 2.21. The van der Waals surface area contributed by atoms with Crippen LogP contribution in [0.25, 0.3) is 10.9 Å². The van der Waals surface area contributed by atoms with Crippen molar-refractivity contribution in [1.82, 2.24) is 73.4 Å². The number of aromatic amines is 2. The maximum atomic E-state index is 14.8. The lowest BCUT2D eigenvalue weighted by molar-refractivity contribution is -0.143. The second kappa shape index (κ2) is 41.1. The number of nitrogens with zero attached hydrogens (tertiary/aromatic N) is 1. The van der Waals surface area contributed by atoms with Crippen molar-refractivity contribution < 1.29 is 97.5 Å². The van der Waals surface area contributed by atoms with Crippen molar-refractivity contribution in [2.24, 2.45) is 23.3 Å². The minimum absolute atomic E-state index is 0.00400. The number of para-hydroxylation sites is 1. The van der Waals surface area contributed by atoms with Crippen LogP contribution in [0.5, 0.6) is 5.75 Å². The molecule has 0 spiro atoms. The van der Waals surface area contributed by atoms with Crippen molar-refractivity contribution in [3.8, 4) is 5.75 Å². The van der Waals surface area contributed by atoms with E-state index in [2.05, 4.69) is 73.4 Å². The van der Waals surface area contributed by atoms with E-state index >= 15 is 0 Å².